The van der Waals surface area contributed by atoms with Gasteiger partial charge in [-0.3, -0.25) is 0 Å². The van der Waals surface area contributed by atoms with Crippen molar-refractivity contribution in [3.8, 4) is 0 Å². The van der Waals surface area contributed by atoms with Gasteiger partial charge >= 0.3 is 0 Å². The first kappa shape index (κ1) is 44.5. The predicted molar refractivity (Wildman–Crippen MR) is 311 cm³/mol. The first-order valence-corrected chi connectivity index (χ1v) is 26.0. The van der Waals surface area contributed by atoms with Crippen LogP contribution >= 0.6 is 0 Å². The fourth-order valence-corrected chi connectivity index (χ4v) is 12.2. The molecular weight excluding hydrogens is 881 g/mol. The van der Waals surface area contributed by atoms with E-state index in [1.54, 1.807) is 0 Å². The van der Waals surface area contributed by atoms with Gasteiger partial charge in [0.05, 0.1) is 0 Å². The average Bonchev–Trinajstić information content (AvgIpc) is 3.67. The second kappa shape index (κ2) is 18.0. The van der Waals surface area contributed by atoms with Crippen LogP contribution < -0.4 is 9.80 Å². The topological polar surface area (TPSA) is 6.48 Å². The van der Waals surface area contributed by atoms with Gasteiger partial charge in [0.25, 0.3) is 0 Å². The van der Waals surface area contributed by atoms with E-state index in [1.165, 1.54) is 76.5 Å². The Labute approximate surface area is 429 Å². The Hall–Kier alpha value is -8.46. The Morgan fingerprint density at radius 2 is 0.712 bits per heavy atom. The van der Waals surface area contributed by atoms with E-state index in [2.05, 4.69) is 292 Å². The van der Waals surface area contributed by atoms with Gasteiger partial charge in [-0.25, -0.2) is 0 Å². The standard InChI is InChI=1S/C71H58N2/c1-47(49-21-31-61(32-22-49)72(63-35-25-51-13-5-9-17-57(51)41-63)64-36-26-52-14-6-10-18-58(52)42-64)55-29-39-67-68-40-30-56(46-70(68)71(3,4)69(67)45-55)48(2)50-23-33-62(34-24-50)73(65-37-27-53-15-7-11-19-59(53)43-65)66-38-28-54-16-8-12-20-60(54)44-66/h5-48,67,69H,1-4H3. The van der Waals surface area contributed by atoms with Crippen molar-refractivity contribution in [1.29, 1.82) is 0 Å². The lowest BCUT2D eigenvalue weighted by Gasteiger charge is -2.32. The summed E-state index contributed by atoms with van der Waals surface area (Å²) in [5.74, 6) is 1.22. The summed E-state index contributed by atoms with van der Waals surface area (Å²) in [7, 11) is 0. The van der Waals surface area contributed by atoms with E-state index in [-0.39, 0.29) is 17.3 Å². The lowest BCUT2D eigenvalue weighted by Crippen LogP contribution is -2.26. The number of hydrogen-bond acceptors (Lipinski definition) is 2. The molecule has 0 saturated carbocycles. The molecule has 0 spiro atoms. The van der Waals surface area contributed by atoms with E-state index in [0.29, 0.717) is 11.8 Å². The van der Waals surface area contributed by atoms with Gasteiger partial charge in [0.2, 0.25) is 0 Å². The summed E-state index contributed by atoms with van der Waals surface area (Å²) in [6.45, 7) is 9.67. The Morgan fingerprint density at radius 1 is 0.356 bits per heavy atom. The van der Waals surface area contributed by atoms with Gasteiger partial charge in [-0.15, -0.1) is 0 Å². The van der Waals surface area contributed by atoms with Crippen molar-refractivity contribution >= 4 is 77.2 Å². The molecule has 2 heteroatoms. The van der Waals surface area contributed by atoms with Gasteiger partial charge in [0.1, 0.15) is 0 Å². The van der Waals surface area contributed by atoms with Gasteiger partial charge in [-0.05, 0) is 161 Å². The number of allylic oxidation sites excluding steroid dienone is 4. The van der Waals surface area contributed by atoms with Crippen LogP contribution in [0.25, 0.3) is 43.1 Å². The Bertz CT molecular complexity index is 3790. The van der Waals surface area contributed by atoms with E-state index >= 15 is 0 Å². The molecule has 0 bridgehead atoms. The summed E-state index contributed by atoms with van der Waals surface area (Å²) in [5.41, 5.74) is 15.2. The number of hydrogen-bond donors (Lipinski definition) is 0. The van der Waals surface area contributed by atoms with E-state index < -0.39 is 0 Å². The van der Waals surface area contributed by atoms with Gasteiger partial charge in [0, 0.05) is 51.9 Å². The summed E-state index contributed by atoms with van der Waals surface area (Å²) < 4.78 is 0. The predicted octanol–water partition coefficient (Wildman–Crippen LogP) is 19.7. The van der Waals surface area contributed by atoms with E-state index in [4.69, 9.17) is 0 Å². The van der Waals surface area contributed by atoms with E-state index in [9.17, 15) is 0 Å². The second-order valence-corrected chi connectivity index (χ2v) is 21.1. The van der Waals surface area contributed by atoms with Crippen molar-refractivity contribution in [3.05, 3.63) is 288 Å². The minimum absolute atomic E-state index is 0.0282. The smallest absolute Gasteiger partial charge is 0.0468 e. The van der Waals surface area contributed by atoms with Crippen molar-refractivity contribution in [2.45, 2.75) is 50.9 Å². The van der Waals surface area contributed by atoms with Crippen molar-refractivity contribution < 1.29 is 0 Å². The van der Waals surface area contributed by atoms with E-state index in [1.807, 2.05) is 0 Å². The molecule has 0 aromatic heterocycles. The first-order chi connectivity index (χ1) is 35.7. The zero-order valence-corrected chi connectivity index (χ0v) is 42.0. The SMILES string of the molecule is CC(C1=CC2C(C=C1)c1ccc(C(C)c3ccc(N(c4ccc5ccccc5c4)c4ccc5ccccc5c4)cc3)cc1C2(C)C)c1ccc(N(c2ccc3ccccc3c2)c2ccc3ccccc3c2)cc1. The molecule has 2 nitrogen and oxygen atoms in total. The molecule has 4 atom stereocenters. The third kappa shape index (κ3) is 7.99. The fraction of sp³-hybridized carbons (Fsp3) is 0.127. The molecule has 73 heavy (non-hydrogen) atoms. The summed E-state index contributed by atoms with van der Waals surface area (Å²) >= 11 is 0. The third-order valence-corrected chi connectivity index (χ3v) is 16.5. The highest BCUT2D eigenvalue weighted by Crippen LogP contribution is 2.55. The molecule has 2 aliphatic carbocycles. The maximum atomic E-state index is 2.61. The quantitative estimate of drug-likeness (QED) is 0.135. The third-order valence-electron chi connectivity index (χ3n) is 16.5. The minimum atomic E-state index is -0.0282. The Balaban J connectivity index is 0.763. The molecule has 0 radical (unpaired) electrons. The lowest BCUT2D eigenvalue weighted by atomic mass is 9.71. The number of fused-ring (bicyclic) bond motifs is 7. The molecule has 352 valence electrons. The fourth-order valence-electron chi connectivity index (χ4n) is 12.2. The molecule has 13 rings (SSSR count). The summed E-state index contributed by atoms with van der Waals surface area (Å²) in [5, 5.41) is 9.91. The van der Waals surface area contributed by atoms with Crippen molar-refractivity contribution in [2.75, 3.05) is 9.80 Å². The van der Waals surface area contributed by atoms with Crippen LogP contribution in [-0.4, -0.2) is 0 Å². The van der Waals surface area contributed by atoms with Gasteiger partial charge in [0.15, 0.2) is 0 Å². The molecule has 0 fully saturated rings. The van der Waals surface area contributed by atoms with Gasteiger partial charge in [-0.1, -0.05) is 210 Å². The molecule has 0 saturated heterocycles. The summed E-state index contributed by atoms with van der Waals surface area (Å²) in [4.78, 5) is 4.79. The highest BCUT2D eigenvalue weighted by atomic mass is 15.1. The number of benzene rings is 11. The maximum absolute atomic E-state index is 2.61. The van der Waals surface area contributed by atoms with Crippen molar-refractivity contribution in [3.63, 3.8) is 0 Å². The first-order valence-electron chi connectivity index (χ1n) is 26.0. The molecule has 0 heterocycles. The van der Waals surface area contributed by atoms with Crippen molar-refractivity contribution in [2.24, 2.45) is 5.92 Å². The highest BCUT2D eigenvalue weighted by Gasteiger charge is 2.45. The van der Waals surface area contributed by atoms with Crippen LogP contribution in [0.2, 0.25) is 0 Å². The van der Waals surface area contributed by atoms with Crippen LogP contribution in [-0.2, 0) is 5.41 Å². The van der Waals surface area contributed by atoms with Gasteiger partial charge in [-0.2, -0.15) is 0 Å². The Kier molecular flexibility index (Phi) is 11.0. The second-order valence-electron chi connectivity index (χ2n) is 21.1. The van der Waals surface area contributed by atoms with Crippen LogP contribution in [0.5, 0.6) is 0 Å². The summed E-state index contributed by atoms with van der Waals surface area (Å²) in [6, 6.07) is 87.6. The monoisotopic (exact) mass is 938 g/mol. The molecule has 2 aliphatic rings. The molecule has 4 unspecified atom stereocenters. The maximum Gasteiger partial charge on any atom is 0.0468 e. The van der Waals surface area contributed by atoms with Gasteiger partial charge < -0.3 is 9.80 Å². The highest BCUT2D eigenvalue weighted by molar-refractivity contribution is 5.94. The van der Waals surface area contributed by atoms with Crippen LogP contribution in [0.1, 0.15) is 73.3 Å². The Morgan fingerprint density at radius 3 is 1.12 bits per heavy atom. The number of rotatable bonds is 10. The zero-order chi connectivity index (χ0) is 49.2. The number of nitrogens with zero attached hydrogens (tertiary/aromatic N) is 2. The van der Waals surface area contributed by atoms with E-state index in [0.717, 1.165) is 34.1 Å². The zero-order valence-electron chi connectivity index (χ0n) is 42.0. The number of anilines is 6. The summed E-state index contributed by atoms with van der Waals surface area (Å²) in [6.07, 6.45) is 7.52. The lowest BCUT2D eigenvalue weighted by molar-refractivity contribution is 0.391. The molecule has 11 aromatic rings. The molecular formula is C71H58N2. The van der Waals surface area contributed by atoms with Crippen molar-refractivity contribution in [1.82, 2.24) is 0 Å². The molecule has 11 aromatic carbocycles. The molecule has 0 amide bonds. The average molecular weight is 939 g/mol. The molecule has 0 aliphatic heterocycles. The van der Waals surface area contributed by atoms with Crippen LogP contribution in [0, 0.1) is 5.92 Å². The van der Waals surface area contributed by atoms with Crippen LogP contribution in [0.3, 0.4) is 0 Å². The van der Waals surface area contributed by atoms with Crippen LogP contribution in [0.15, 0.2) is 260 Å². The minimum Gasteiger partial charge on any atom is -0.310 e. The van der Waals surface area contributed by atoms with Crippen LogP contribution in [0.4, 0.5) is 34.1 Å². The largest absolute Gasteiger partial charge is 0.310 e. The molecule has 0 N–H and O–H groups in total. The normalized spacial score (nSPS) is 16.5.